The molecule has 2 aromatic rings. The number of rotatable bonds is 8. The van der Waals surface area contributed by atoms with Crippen LogP contribution in [0, 0.1) is 5.92 Å². The molecule has 0 saturated carbocycles. The second-order valence-electron chi connectivity index (χ2n) is 5.60. The first kappa shape index (κ1) is 15.7. The molecule has 0 aliphatic carbocycles. The Morgan fingerprint density at radius 2 is 1.57 bits per heavy atom. The predicted molar refractivity (Wildman–Crippen MR) is 87.9 cm³/mol. The molecular weight excluding hydrogens is 258 g/mol. The summed E-state index contributed by atoms with van der Waals surface area (Å²) in [4.78, 5) is 0. The summed E-state index contributed by atoms with van der Waals surface area (Å²) in [6.45, 7) is 3.39. The Balaban J connectivity index is 2.05. The first-order chi connectivity index (χ1) is 10.3. The van der Waals surface area contributed by atoms with Crippen LogP contribution in [0.25, 0.3) is 0 Å². The van der Waals surface area contributed by atoms with E-state index in [-0.39, 0.29) is 6.61 Å². The van der Waals surface area contributed by atoms with E-state index in [0.29, 0.717) is 12.0 Å². The SMILES string of the molecule is C[C@H](CCCO)[C@@H](NCc1ccccc1)c1ccccc1. The van der Waals surface area contributed by atoms with E-state index in [1.54, 1.807) is 0 Å². The van der Waals surface area contributed by atoms with Crippen LogP contribution in [0.2, 0.25) is 0 Å². The molecular formula is C19H25NO. The summed E-state index contributed by atoms with van der Waals surface area (Å²) in [5.74, 6) is 0.489. The van der Waals surface area contributed by atoms with Crippen LogP contribution in [0.4, 0.5) is 0 Å². The van der Waals surface area contributed by atoms with Crippen molar-refractivity contribution in [2.75, 3.05) is 6.61 Å². The topological polar surface area (TPSA) is 32.3 Å². The zero-order valence-corrected chi connectivity index (χ0v) is 12.7. The van der Waals surface area contributed by atoms with Crippen LogP contribution in [0.15, 0.2) is 60.7 Å². The second kappa shape index (κ2) is 8.60. The smallest absolute Gasteiger partial charge is 0.0431 e. The van der Waals surface area contributed by atoms with Crippen molar-refractivity contribution in [2.45, 2.75) is 32.4 Å². The highest BCUT2D eigenvalue weighted by Gasteiger charge is 2.18. The van der Waals surface area contributed by atoms with E-state index in [9.17, 15) is 0 Å². The van der Waals surface area contributed by atoms with Crippen molar-refractivity contribution in [1.29, 1.82) is 0 Å². The minimum atomic E-state index is 0.268. The molecule has 0 aliphatic heterocycles. The van der Waals surface area contributed by atoms with Crippen molar-refractivity contribution in [3.63, 3.8) is 0 Å². The lowest BCUT2D eigenvalue weighted by atomic mass is 9.90. The molecule has 0 spiro atoms. The summed E-state index contributed by atoms with van der Waals surface area (Å²) < 4.78 is 0. The number of hydrogen-bond acceptors (Lipinski definition) is 2. The molecule has 2 N–H and O–H groups in total. The molecule has 0 aromatic heterocycles. The van der Waals surface area contributed by atoms with E-state index in [0.717, 1.165) is 19.4 Å². The van der Waals surface area contributed by atoms with Gasteiger partial charge < -0.3 is 10.4 Å². The third-order valence-electron chi connectivity index (χ3n) is 3.91. The van der Waals surface area contributed by atoms with Crippen LogP contribution >= 0.6 is 0 Å². The van der Waals surface area contributed by atoms with Crippen LogP contribution in [0.5, 0.6) is 0 Å². The van der Waals surface area contributed by atoms with Gasteiger partial charge in [0, 0.05) is 19.2 Å². The predicted octanol–water partition coefficient (Wildman–Crippen LogP) is 3.93. The van der Waals surface area contributed by atoms with E-state index < -0.39 is 0 Å². The van der Waals surface area contributed by atoms with Gasteiger partial charge in [0.2, 0.25) is 0 Å². The Bertz CT molecular complexity index is 497. The zero-order valence-electron chi connectivity index (χ0n) is 12.7. The zero-order chi connectivity index (χ0) is 14.9. The Morgan fingerprint density at radius 3 is 2.19 bits per heavy atom. The molecule has 0 amide bonds. The van der Waals surface area contributed by atoms with Gasteiger partial charge in [-0.05, 0) is 29.9 Å². The molecule has 112 valence electrons. The van der Waals surface area contributed by atoms with Crippen molar-refractivity contribution in [2.24, 2.45) is 5.92 Å². The maximum absolute atomic E-state index is 9.05. The summed E-state index contributed by atoms with van der Waals surface area (Å²) in [6.07, 6.45) is 1.88. The van der Waals surface area contributed by atoms with Crippen molar-refractivity contribution in [1.82, 2.24) is 5.32 Å². The van der Waals surface area contributed by atoms with Gasteiger partial charge in [0.25, 0.3) is 0 Å². The average Bonchev–Trinajstić information content (AvgIpc) is 2.55. The molecule has 21 heavy (non-hydrogen) atoms. The van der Waals surface area contributed by atoms with Gasteiger partial charge >= 0.3 is 0 Å². The van der Waals surface area contributed by atoms with Gasteiger partial charge in [0.05, 0.1) is 0 Å². The molecule has 2 atom stereocenters. The third-order valence-corrected chi connectivity index (χ3v) is 3.91. The van der Waals surface area contributed by atoms with Crippen molar-refractivity contribution >= 4 is 0 Å². The lowest BCUT2D eigenvalue weighted by Gasteiger charge is -2.26. The lowest BCUT2D eigenvalue weighted by Crippen LogP contribution is -2.27. The van der Waals surface area contributed by atoms with Crippen molar-refractivity contribution < 1.29 is 5.11 Å². The molecule has 2 rings (SSSR count). The number of aliphatic hydroxyl groups excluding tert-OH is 1. The molecule has 0 unspecified atom stereocenters. The van der Waals surface area contributed by atoms with E-state index in [2.05, 4.69) is 66.8 Å². The maximum Gasteiger partial charge on any atom is 0.0431 e. The third kappa shape index (κ3) is 5.00. The number of aliphatic hydroxyl groups is 1. The molecule has 2 nitrogen and oxygen atoms in total. The Labute approximate surface area is 127 Å². The van der Waals surface area contributed by atoms with Gasteiger partial charge in [-0.2, -0.15) is 0 Å². The minimum absolute atomic E-state index is 0.268. The molecule has 2 aromatic carbocycles. The Kier molecular flexibility index (Phi) is 6.45. The van der Waals surface area contributed by atoms with Crippen molar-refractivity contribution in [3.05, 3.63) is 71.8 Å². The molecule has 2 heteroatoms. The first-order valence-corrected chi connectivity index (χ1v) is 7.74. The second-order valence-corrected chi connectivity index (χ2v) is 5.60. The van der Waals surface area contributed by atoms with Crippen LogP contribution < -0.4 is 5.32 Å². The fourth-order valence-electron chi connectivity index (χ4n) is 2.71. The van der Waals surface area contributed by atoms with Gasteiger partial charge in [-0.15, -0.1) is 0 Å². The fourth-order valence-corrected chi connectivity index (χ4v) is 2.71. The highest BCUT2D eigenvalue weighted by molar-refractivity contribution is 5.20. The minimum Gasteiger partial charge on any atom is -0.396 e. The van der Waals surface area contributed by atoms with E-state index >= 15 is 0 Å². The highest BCUT2D eigenvalue weighted by atomic mass is 16.2. The number of benzene rings is 2. The maximum atomic E-state index is 9.05. The number of hydrogen-bond donors (Lipinski definition) is 2. The molecule has 0 aliphatic rings. The Morgan fingerprint density at radius 1 is 0.952 bits per heavy atom. The van der Waals surface area contributed by atoms with Gasteiger partial charge in [-0.3, -0.25) is 0 Å². The molecule has 0 fully saturated rings. The summed E-state index contributed by atoms with van der Waals surface area (Å²) in [6, 6.07) is 21.4. The highest BCUT2D eigenvalue weighted by Crippen LogP contribution is 2.25. The van der Waals surface area contributed by atoms with Crippen LogP contribution in [0.1, 0.15) is 36.9 Å². The van der Waals surface area contributed by atoms with Gasteiger partial charge in [0.1, 0.15) is 0 Å². The summed E-state index contributed by atoms with van der Waals surface area (Å²) in [5, 5.41) is 12.7. The van der Waals surface area contributed by atoms with Gasteiger partial charge in [-0.1, -0.05) is 67.6 Å². The summed E-state index contributed by atoms with van der Waals surface area (Å²) >= 11 is 0. The normalized spacial score (nSPS) is 13.8. The summed E-state index contributed by atoms with van der Waals surface area (Å²) in [7, 11) is 0. The molecule has 0 bridgehead atoms. The Hall–Kier alpha value is -1.64. The van der Waals surface area contributed by atoms with Gasteiger partial charge in [-0.25, -0.2) is 0 Å². The van der Waals surface area contributed by atoms with Crippen LogP contribution in [-0.2, 0) is 6.54 Å². The molecule has 0 heterocycles. The standard InChI is InChI=1S/C19H25NO/c1-16(9-8-14-21)19(18-12-6-3-7-13-18)20-15-17-10-4-2-5-11-17/h2-7,10-13,16,19-21H,8-9,14-15H2,1H3/t16-,19-/m1/s1. The van der Waals surface area contributed by atoms with Crippen molar-refractivity contribution in [3.8, 4) is 0 Å². The van der Waals surface area contributed by atoms with Gasteiger partial charge in [0.15, 0.2) is 0 Å². The monoisotopic (exact) mass is 283 g/mol. The van der Waals surface area contributed by atoms with E-state index in [4.69, 9.17) is 5.11 Å². The quantitative estimate of drug-likeness (QED) is 0.769. The largest absolute Gasteiger partial charge is 0.396 e. The lowest BCUT2D eigenvalue weighted by molar-refractivity contribution is 0.259. The fraction of sp³-hybridized carbons (Fsp3) is 0.368. The van der Waals surface area contributed by atoms with E-state index in [1.807, 2.05) is 6.07 Å². The average molecular weight is 283 g/mol. The number of nitrogens with one attached hydrogen (secondary N) is 1. The van der Waals surface area contributed by atoms with Crippen LogP contribution in [0.3, 0.4) is 0 Å². The van der Waals surface area contributed by atoms with Crippen LogP contribution in [-0.4, -0.2) is 11.7 Å². The van der Waals surface area contributed by atoms with E-state index in [1.165, 1.54) is 11.1 Å². The molecule has 0 saturated heterocycles. The molecule has 0 radical (unpaired) electrons. The first-order valence-electron chi connectivity index (χ1n) is 7.74. The summed E-state index contributed by atoms with van der Waals surface area (Å²) in [5.41, 5.74) is 2.62.